The van der Waals surface area contributed by atoms with Crippen molar-refractivity contribution in [1.29, 1.82) is 0 Å². The fourth-order valence-corrected chi connectivity index (χ4v) is 3.54. The van der Waals surface area contributed by atoms with E-state index in [0.29, 0.717) is 19.7 Å². The van der Waals surface area contributed by atoms with Crippen LogP contribution in [0.2, 0.25) is 0 Å². The van der Waals surface area contributed by atoms with E-state index in [4.69, 9.17) is 4.74 Å². The van der Waals surface area contributed by atoms with E-state index in [0.717, 1.165) is 17.1 Å². The molecule has 2 atom stereocenters. The summed E-state index contributed by atoms with van der Waals surface area (Å²) >= 11 is 1.60. The highest BCUT2D eigenvalue weighted by Crippen LogP contribution is 2.24. The number of thiazole rings is 1. The predicted molar refractivity (Wildman–Crippen MR) is 94.9 cm³/mol. The second kappa shape index (κ2) is 7.88. The Morgan fingerprint density at radius 3 is 2.96 bits per heavy atom. The predicted octanol–water partition coefficient (Wildman–Crippen LogP) is 2.74. The highest BCUT2D eigenvalue weighted by atomic mass is 32.1. The summed E-state index contributed by atoms with van der Waals surface area (Å²) < 4.78 is 5.79. The van der Waals surface area contributed by atoms with Crippen molar-refractivity contribution in [2.45, 2.75) is 19.1 Å². The molecule has 1 aliphatic rings. The molecule has 2 aromatic rings. The van der Waals surface area contributed by atoms with Crippen LogP contribution in [-0.2, 0) is 9.53 Å². The normalized spacial score (nSPS) is 19.8. The first-order valence-electron chi connectivity index (χ1n) is 8.19. The van der Waals surface area contributed by atoms with E-state index < -0.39 is 0 Å². The maximum Gasteiger partial charge on any atom is 0.236 e. The van der Waals surface area contributed by atoms with Gasteiger partial charge in [0.15, 0.2) is 0 Å². The Morgan fingerprint density at radius 1 is 1.46 bits per heavy atom. The molecule has 128 valence electrons. The lowest BCUT2D eigenvalue weighted by Gasteiger charge is -2.33. The molecule has 0 aliphatic carbocycles. The fraction of sp³-hybridized carbons (Fsp3) is 0.444. The first kappa shape index (κ1) is 17.1. The summed E-state index contributed by atoms with van der Waals surface area (Å²) in [7, 11) is 1.87. The molecular weight excluding hydrogens is 322 g/mol. The number of amides is 1. The number of carbonyl (C=O) groups excluding carboxylic acids is 1. The maximum atomic E-state index is 12.6. The van der Waals surface area contributed by atoms with Crippen LogP contribution >= 0.6 is 11.3 Å². The molecule has 1 aromatic carbocycles. The molecule has 1 aliphatic heterocycles. The molecule has 1 fully saturated rings. The third kappa shape index (κ3) is 4.01. The Labute approximate surface area is 146 Å². The van der Waals surface area contributed by atoms with Gasteiger partial charge in [-0.3, -0.25) is 9.69 Å². The van der Waals surface area contributed by atoms with Gasteiger partial charge in [0, 0.05) is 31.7 Å². The minimum atomic E-state index is -0.0246. The van der Waals surface area contributed by atoms with Crippen molar-refractivity contribution in [3.63, 3.8) is 0 Å². The van der Waals surface area contributed by atoms with E-state index in [1.807, 2.05) is 35.5 Å². The largest absolute Gasteiger partial charge is 0.368 e. The summed E-state index contributed by atoms with van der Waals surface area (Å²) in [5.74, 6) is 0.131. The number of benzene rings is 1. The van der Waals surface area contributed by atoms with Gasteiger partial charge in [-0.1, -0.05) is 30.3 Å². The van der Waals surface area contributed by atoms with E-state index in [2.05, 4.69) is 28.9 Å². The second-order valence-corrected chi connectivity index (χ2v) is 6.98. The van der Waals surface area contributed by atoms with Crippen LogP contribution < -0.4 is 0 Å². The van der Waals surface area contributed by atoms with Crippen LogP contribution in [0.3, 0.4) is 0 Å². The summed E-state index contributed by atoms with van der Waals surface area (Å²) in [6.07, 6.45) is 1.77. The molecule has 0 spiro atoms. The molecule has 5 nitrogen and oxygen atoms in total. The van der Waals surface area contributed by atoms with E-state index in [1.54, 1.807) is 17.5 Å². The van der Waals surface area contributed by atoms with Crippen molar-refractivity contribution in [2.75, 3.05) is 33.3 Å². The Morgan fingerprint density at radius 2 is 2.25 bits per heavy atom. The number of morpholine rings is 1. The van der Waals surface area contributed by atoms with Crippen molar-refractivity contribution in [3.05, 3.63) is 52.5 Å². The standard InChI is InChI=1S/C18H23N3O2S/c1-14(15-6-4-3-5-7-15)20(2)17(22)13-21-9-10-23-16(12-21)18-19-8-11-24-18/h3-8,11,14,16H,9-10,12-13H2,1-2H3. The average molecular weight is 345 g/mol. The third-order valence-corrected chi connectivity index (χ3v) is 5.36. The molecule has 24 heavy (non-hydrogen) atoms. The van der Waals surface area contributed by atoms with Crippen molar-refractivity contribution < 1.29 is 9.53 Å². The second-order valence-electron chi connectivity index (χ2n) is 6.06. The van der Waals surface area contributed by atoms with Crippen molar-refractivity contribution in [3.8, 4) is 0 Å². The first-order chi connectivity index (χ1) is 11.6. The SMILES string of the molecule is CC(c1ccccc1)N(C)C(=O)CN1CCOC(c2nccs2)C1. The van der Waals surface area contributed by atoms with Gasteiger partial charge >= 0.3 is 0 Å². The minimum absolute atomic E-state index is 0.0246. The van der Waals surface area contributed by atoms with Gasteiger partial charge in [-0.25, -0.2) is 4.98 Å². The van der Waals surface area contributed by atoms with E-state index in [-0.39, 0.29) is 18.1 Å². The van der Waals surface area contributed by atoms with Gasteiger partial charge in [-0.2, -0.15) is 0 Å². The molecule has 1 amide bonds. The number of ether oxygens (including phenoxy) is 1. The Kier molecular flexibility index (Phi) is 5.60. The molecule has 6 heteroatoms. The fourth-order valence-electron chi connectivity index (χ4n) is 2.86. The van der Waals surface area contributed by atoms with Crippen molar-refractivity contribution in [1.82, 2.24) is 14.8 Å². The van der Waals surface area contributed by atoms with Gasteiger partial charge in [0.25, 0.3) is 0 Å². The van der Waals surface area contributed by atoms with Crippen LogP contribution in [0.5, 0.6) is 0 Å². The van der Waals surface area contributed by atoms with Gasteiger partial charge in [0.2, 0.25) is 5.91 Å². The molecule has 0 saturated carbocycles. The van der Waals surface area contributed by atoms with Gasteiger partial charge in [0.1, 0.15) is 11.1 Å². The highest BCUT2D eigenvalue weighted by Gasteiger charge is 2.27. The highest BCUT2D eigenvalue weighted by molar-refractivity contribution is 7.09. The monoisotopic (exact) mass is 345 g/mol. The number of hydrogen-bond acceptors (Lipinski definition) is 5. The zero-order valence-electron chi connectivity index (χ0n) is 14.1. The molecule has 0 bridgehead atoms. The van der Waals surface area contributed by atoms with E-state index in [9.17, 15) is 4.79 Å². The summed E-state index contributed by atoms with van der Waals surface area (Å²) in [5.41, 5.74) is 1.15. The van der Waals surface area contributed by atoms with E-state index in [1.165, 1.54) is 0 Å². The van der Waals surface area contributed by atoms with Gasteiger partial charge in [-0.15, -0.1) is 11.3 Å². The van der Waals surface area contributed by atoms with Crippen LogP contribution in [-0.4, -0.2) is 54.0 Å². The molecule has 0 radical (unpaired) electrons. The summed E-state index contributed by atoms with van der Waals surface area (Å²) in [4.78, 5) is 21.0. The van der Waals surface area contributed by atoms with Crippen molar-refractivity contribution >= 4 is 17.2 Å². The summed E-state index contributed by atoms with van der Waals surface area (Å²) in [5, 5.41) is 2.94. The third-order valence-electron chi connectivity index (χ3n) is 4.49. The zero-order valence-corrected chi connectivity index (χ0v) is 14.9. The molecule has 0 N–H and O–H groups in total. The number of hydrogen-bond donors (Lipinski definition) is 0. The van der Waals surface area contributed by atoms with Crippen LogP contribution in [0, 0.1) is 0 Å². The average Bonchev–Trinajstić information content (AvgIpc) is 3.16. The van der Waals surface area contributed by atoms with Crippen LogP contribution in [0.4, 0.5) is 0 Å². The molecular formula is C18H23N3O2S. The Bertz CT molecular complexity index is 648. The summed E-state index contributed by atoms with van der Waals surface area (Å²) in [6, 6.07) is 10.2. The number of likely N-dealkylation sites (N-methyl/N-ethyl adjacent to an activating group) is 1. The smallest absolute Gasteiger partial charge is 0.236 e. The molecule has 2 heterocycles. The molecule has 2 unspecified atom stereocenters. The van der Waals surface area contributed by atoms with Crippen LogP contribution in [0.1, 0.15) is 29.6 Å². The number of rotatable bonds is 5. The van der Waals surface area contributed by atoms with Crippen LogP contribution in [0.15, 0.2) is 41.9 Å². The van der Waals surface area contributed by atoms with Gasteiger partial charge in [-0.05, 0) is 12.5 Å². The number of nitrogens with zero attached hydrogens (tertiary/aromatic N) is 3. The molecule has 1 saturated heterocycles. The maximum absolute atomic E-state index is 12.6. The summed E-state index contributed by atoms with van der Waals surface area (Å²) in [6.45, 7) is 4.60. The van der Waals surface area contributed by atoms with E-state index >= 15 is 0 Å². The number of carbonyl (C=O) groups is 1. The minimum Gasteiger partial charge on any atom is -0.368 e. The molecule has 3 rings (SSSR count). The topological polar surface area (TPSA) is 45.7 Å². The number of aromatic nitrogens is 1. The quantitative estimate of drug-likeness (QED) is 0.836. The van der Waals surface area contributed by atoms with Crippen LogP contribution in [0.25, 0.3) is 0 Å². The molecule has 1 aromatic heterocycles. The van der Waals surface area contributed by atoms with Gasteiger partial charge < -0.3 is 9.64 Å². The lowest BCUT2D eigenvalue weighted by molar-refractivity contribution is -0.135. The van der Waals surface area contributed by atoms with Crippen molar-refractivity contribution in [2.24, 2.45) is 0 Å². The first-order valence-corrected chi connectivity index (χ1v) is 9.07. The van der Waals surface area contributed by atoms with Gasteiger partial charge in [0.05, 0.1) is 19.2 Å². The Balaban J connectivity index is 1.57. The lowest BCUT2D eigenvalue weighted by Crippen LogP contribution is -2.45. The Hall–Kier alpha value is -1.76. The lowest BCUT2D eigenvalue weighted by atomic mass is 10.1. The zero-order chi connectivity index (χ0) is 16.9.